The molecular weight excluding hydrogens is 258 g/mol. The van der Waals surface area contributed by atoms with E-state index in [1.165, 1.54) is 12.8 Å². The molecule has 1 fully saturated rings. The van der Waals surface area contributed by atoms with Gasteiger partial charge < -0.3 is 10.3 Å². The van der Waals surface area contributed by atoms with Gasteiger partial charge >= 0.3 is 0 Å². The summed E-state index contributed by atoms with van der Waals surface area (Å²) in [5.74, 6) is 1.79. The maximum atomic E-state index is 6.33. The molecule has 1 atom stereocenters. The van der Waals surface area contributed by atoms with Gasteiger partial charge in [-0.05, 0) is 37.3 Å². The van der Waals surface area contributed by atoms with Crippen molar-refractivity contribution >= 4 is 22.6 Å². The van der Waals surface area contributed by atoms with Gasteiger partial charge in [-0.25, -0.2) is 4.98 Å². The molecule has 1 aromatic heterocycles. The quantitative estimate of drug-likeness (QED) is 0.910. The third kappa shape index (κ3) is 2.49. The first-order chi connectivity index (χ1) is 9.20. The van der Waals surface area contributed by atoms with Crippen molar-refractivity contribution in [1.29, 1.82) is 0 Å². The molecule has 1 heterocycles. The number of aryl methyl sites for hydroxylation is 1. The standard InChI is InChI=1S/C15H20ClN3/c1-2-8-19-14(9-12(17)10-6-7-10)18-13-5-3-4-11(16)15(13)19/h3-5,10,12H,2,6-9,17H2,1H3. The summed E-state index contributed by atoms with van der Waals surface area (Å²) >= 11 is 6.33. The number of hydrogen-bond acceptors (Lipinski definition) is 2. The van der Waals surface area contributed by atoms with Crippen LogP contribution in [-0.4, -0.2) is 15.6 Å². The molecule has 1 saturated carbocycles. The smallest absolute Gasteiger partial charge is 0.111 e. The second-order valence-electron chi connectivity index (χ2n) is 5.49. The Morgan fingerprint density at radius 1 is 1.47 bits per heavy atom. The fourth-order valence-electron chi connectivity index (χ4n) is 2.71. The van der Waals surface area contributed by atoms with E-state index in [0.717, 1.165) is 41.3 Å². The van der Waals surface area contributed by atoms with Crippen LogP contribution in [0.2, 0.25) is 5.02 Å². The molecule has 2 aromatic rings. The van der Waals surface area contributed by atoms with Crippen molar-refractivity contribution in [1.82, 2.24) is 9.55 Å². The van der Waals surface area contributed by atoms with Crippen LogP contribution < -0.4 is 5.73 Å². The topological polar surface area (TPSA) is 43.8 Å². The van der Waals surface area contributed by atoms with Crippen LogP contribution in [0.4, 0.5) is 0 Å². The Morgan fingerprint density at radius 3 is 2.95 bits per heavy atom. The Kier molecular flexibility index (Phi) is 3.50. The lowest BCUT2D eigenvalue weighted by Gasteiger charge is -2.12. The Balaban J connectivity index is 2.01. The van der Waals surface area contributed by atoms with Crippen molar-refractivity contribution in [3.05, 3.63) is 29.0 Å². The minimum atomic E-state index is 0.242. The Morgan fingerprint density at radius 2 is 2.26 bits per heavy atom. The highest BCUT2D eigenvalue weighted by molar-refractivity contribution is 6.35. The molecule has 19 heavy (non-hydrogen) atoms. The molecule has 0 saturated heterocycles. The second kappa shape index (κ2) is 5.14. The molecule has 3 nitrogen and oxygen atoms in total. The lowest BCUT2D eigenvalue weighted by atomic mass is 10.1. The van der Waals surface area contributed by atoms with Crippen LogP contribution in [0.5, 0.6) is 0 Å². The van der Waals surface area contributed by atoms with Gasteiger partial charge in [-0.3, -0.25) is 0 Å². The molecular formula is C15H20ClN3. The predicted molar refractivity (Wildman–Crippen MR) is 79.4 cm³/mol. The first kappa shape index (κ1) is 12.9. The van der Waals surface area contributed by atoms with Gasteiger partial charge in [0.1, 0.15) is 5.82 Å². The summed E-state index contributed by atoms with van der Waals surface area (Å²) < 4.78 is 2.25. The summed E-state index contributed by atoms with van der Waals surface area (Å²) in [6.07, 6.45) is 4.48. The second-order valence-corrected chi connectivity index (χ2v) is 5.90. The average Bonchev–Trinajstić information content (AvgIpc) is 3.16. The minimum absolute atomic E-state index is 0.242. The monoisotopic (exact) mass is 277 g/mol. The van der Waals surface area contributed by atoms with E-state index in [0.29, 0.717) is 5.92 Å². The molecule has 1 aromatic carbocycles. The first-order valence-corrected chi connectivity index (χ1v) is 7.47. The van der Waals surface area contributed by atoms with Crippen molar-refractivity contribution in [2.24, 2.45) is 11.7 Å². The van der Waals surface area contributed by atoms with E-state index in [4.69, 9.17) is 22.3 Å². The van der Waals surface area contributed by atoms with Crippen molar-refractivity contribution in [2.45, 2.75) is 45.2 Å². The zero-order valence-electron chi connectivity index (χ0n) is 11.3. The van der Waals surface area contributed by atoms with Gasteiger partial charge in [0.2, 0.25) is 0 Å². The lowest BCUT2D eigenvalue weighted by molar-refractivity contribution is 0.549. The molecule has 2 N–H and O–H groups in total. The van der Waals surface area contributed by atoms with Crippen molar-refractivity contribution < 1.29 is 0 Å². The number of halogens is 1. The van der Waals surface area contributed by atoms with Crippen LogP contribution in [0.25, 0.3) is 11.0 Å². The van der Waals surface area contributed by atoms with Gasteiger partial charge in [0.15, 0.2) is 0 Å². The molecule has 1 aliphatic rings. The number of aromatic nitrogens is 2. The van der Waals surface area contributed by atoms with E-state index in [1.807, 2.05) is 18.2 Å². The van der Waals surface area contributed by atoms with Gasteiger partial charge in [-0.1, -0.05) is 24.6 Å². The number of nitrogens with two attached hydrogens (primary N) is 1. The van der Waals surface area contributed by atoms with E-state index in [2.05, 4.69) is 11.5 Å². The molecule has 0 amide bonds. The van der Waals surface area contributed by atoms with Gasteiger partial charge in [0, 0.05) is 19.0 Å². The molecule has 3 rings (SSSR count). The largest absolute Gasteiger partial charge is 0.327 e. The van der Waals surface area contributed by atoms with Crippen molar-refractivity contribution in [3.63, 3.8) is 0 Å². The van der Waals surface area contributed by atoms with Crippen LogP contribution in [0.3, 0.4) is 0 Å². The number of benzene rings is 1. The van der Waals surface area contributed by atoms with E-state index in [-0.39, 0.29) is 6.04 Å². The number of imidazole rings is 1. The van der Waals surface area contributed by atoms with Crippen molar-refractivity contribution in [2.75, 3.05) is 0 Å². The Hall–Kier alpha value is -1.06. The summed E-state index contributed by atoms with van der Waals surface area (Å²) in [7, 11) is 0. The fraction of sp³-hybridized carbons (Fsp3) is 0.533. The number of rotatable bonds is 5. The third-order valence-electron chi connectivity index (χ3n) is 3.89. The highest BCUT2D eigenvalue weighted by atomic mass is 35.5. The average molecular weight is 278 g/mol. The van der Waals surface area contributed by atoms with E-state index in [9.17, 15) is 0 Å². The number of para-hydroxylation sites is 1. The highest BCUT2D eigenvalue weighted by Crippen LogP contribution is 2.33. The van der Waals surface area contributed by atoms with Crippen LogP contribution in [0, 0.1) is 5.92 Å². The molecule has 1 aliphatic carbocycles. The SMILES string of the molecule is CCCn1c(CC(N)C2CC2)nc2cccc(Cl)c21. The zero-order valence-corrected chi connectivity index (χ0v) is 12.0. The number of fused-ring (bicyclic) bond motifs is 1. The molecule has 102 valence electrons. The molecule has 0 spiro atoms. The molecule has 4 heteroatoms. The van der Waals surface area contributed by atoms with Crippen LogP contribution in [0.15, 0.2) is 18.2 Å². The normalized spacial score (nSPS) is 17.0. The lowest BCUT2D eigenvalue weighted by Crippen LogP contribution is -2.26. The minimum Gasteiger partial charge on any atom is -0.327 e. The summed E-state index contributed by atoms with van der Waals surface area (Å²) in [6.45, 7) is 3.13. The molecule has 0 aliphatic heterocycles. The first-order valence-electron chi connectivity index (χ1n) is 7.10. The maximum absolute atomic E-state index is 6.33. The van der Waals surface area contributed by atoms with Crippen LogP contribution in [0.1, 0.15) is 32.0 Å². The van der Waals surface area contributed by atoms with Crippen LogP contribution in [-0.2, 0) is 13.0 Å². The fourth-order valence-corrected chi connectivity index (χ4v) is 2.98. The van der Waals surface area contributed by atoms with Gasteiger partial charge in [-0.15, -0.1) is 0 Å². The molecule has 0 bridgehead atoms. The number of hydrogen-bond donors (Lipinski definition) is 1. The Bertz CT molecular complexity index is 586. The van der Waals surface area contributed by atoms with Crippen molar-refractivity contribution in [3.8, 4) is 0 Å². The van der Waals surface area contributed by atoms with E-state index in [1.54, 1.807) is 0 Å². The van der Waals surface area contributed by atoms with E-state index >= 15 is 0 Å². The Labute approximate surface area is 118 Å². The summed E-state index contributed by atoms with van der Waals surface area (Å²) in [5, 5.41) is 0.782. The van der Waals surface area contributed by atoms with Gasteiger partial charge in [0.05, 0.1) is 16.1 Å². The molecule has 1 unspecified atom stereocenters. The highest BCUT2D eigenvalue weighted by Gasteiger charge is 2.29. The molecule has 0 radical (unpaired) electrons. The van der Waals surface area contributed by atoms with Gasteiger partial charge in [0.25, 0.3) is 0 Å². The summed E-state index contributed by atoms with van der Waals surface area (Å²) in [5.41, 5.74) is 8.29. The summed E-state index contributed by atoms with van der Waals surface area (Å²) in [4.78, 5) is 4.74. The third-order valence-corrected chi connectivity index (χ3v) is 4.19. The number of nitrogens with zero attached hydrogens (tertiary/aromatic N) is 2. The maximum Gasteiger partial charge on any atom is 0.111 e. The van der Waals surface area contributed by atoms with E-state index < -0.39 is 0 Å². The zero-order chi connectivity index (χ0) is 13.4. The van der Waals surface area contributed by atoms with Crippen LogP contribution >= 0.6 is 11.6 Å². The predicted octanol–water partition coefficient (Wildman–Crippen LogP) is 3.38. The van der Waals surface area contributed by atoms with Gasteiger partial charge in [-0.2, -0.15) is 0 Å². The summed E-state index contributed by atoms with van der Waals surface area (Å²) in [6, 6.07) is 6.16.